The van der Waals surface area contributed by atoms with Gasteiger partial charge in [0.2, 0.25) is 0 Å². The predicted molar refractivity (Wildman–Crippen MR) is 91.4 cm³/mol. The molecule has 29 heavy (non-hydrogen) atoms. The van der Waals surface area contributed by atoms with E-state index in [0.717, 1.165) is 17.0 Å². The minimum atomic E-state index is -4.96. The van der Waals surface area contributed by atoms with Gasteiger partial charge >= 0.3 is 11.9 Å². The van der Waals surface area contributed by atoms with E-state index in [-0.39, 0.29) is 28.6 Å². The molecule has 0 unspecified atom stereocenters. The van der Waals surface area contributed by atoms with E-state index in [9.17, 15) is 31.9 Å². The summed E-state index contributed by atoms with van der Waals surface area (Å²) in [5, 5.41) is 0. The smallest absolute Gasteiger partial charge is 0.431 e. The maximum Gasteiger partial charge on any atom is 0.431 e. The average molecular weight is 409 g/mol. The van der Waals surface area contributed by atoms with Gasteiger partial charge in [0.15, 0.2) is 11.4 Å². The number of carbonyl (C=O) groups is 1. The lowest BCUT2D eigenvalue weighted by Gasteiger charge is -2.34. The highest BCUT2D eigenvalue weighted by atomic mass is 19.4. The molecular formula is C18H11F4N3O4. The fourth-order valence-electron chi connectivity index (χ4n) is 3.16. The second kappa shape index (κ2) is 5.97. The third kappa shape index (κ3) is 2.88. The molecule has 1 spiro atoms. The Morgan fingerprint density at radius 3 is 2.41 bits per heavy atom. The Morgan fingerprint density at radius 1 is 1.17 bits per heavy atom. The van der Waals surface area contributed by atoms with E-state index in [1.807, 2.05) is 0 Å². The molecule has 2 aromatic rings. The van der Waals surface area contributed by atoms with E-state index in [4.69, 9.17) is 11.2 Å². The summed E-state index contributed by atoms with van der Waals surface area (Å²) in [6.45, 7) is -0.180. The van der Waals surface area contributed by atoms with E-state index in [0.29, 0.717) is 12.8 Å². The third-order valence-corrected chi connectivity index (χ3v) is 4.69. The topological polar surface area (TPSA) is 84.4 Å². The maximum absolute atomic E-state index is 14.7. The summed E-state index contributed by atoms with van der Waals surface area (Å²) in [4.78, 5) is 39.5. The van der Waals surface area contributed by atoms with Gasteiger partial charge in [0.05, 0.1) is 17.9 Å². The van der Waals surface area contributed by atoms with Gasteiger partial charge in [0.1, 0.15) is 11.4 Å². The monoisotopic (exact) mass is 409 g/mol. The SMILES string of the molecule is C#CCN1C(=O)C2(CC2)Oc2cc(F)c(-n3c(=O)cc(C(F)(F)F)[nH]c3=O)cc21. The molecule has 1 aliphatic heterocycles. The first-order valence-corrected chi connectivity index (χ1v) is 8.29. The van der Waals surface area contributed by atoms with E-state index in [1.165, 1.54) is 4.98 Å². The molecule has 0 saturated heterocycles. The number of nitrogens with one attached hydrogen (secondary N) is 1. The summed E-state index contributed by atoms with van der Waals surface area (Å²) in [7, 11) is 0. The summed E-state index contributed by atoms with van der Waals surface area (Å²) in [5.41, 5.74) is -6.20. The third-order valence-electron chi connectivity index (χ3n) is 4.69. The molecule has 1 aliphatic carbocycles. The first kappa shape index (κ1) is 18.8. The van der Waals surface area contributed by atoms with Crippen molar-refractivity contribution in [3.63, 3.8) is 0 Å². The number of rotatable bonds is 2. The number of halogens is 4. The number of aromatic nitrogens is 2. The van der Waals surface area contributed by atoms with E-state index in [2.05, 4.69) is 5.92 Å². The number of terminal acetylenes is 1. The van der Waals surface area contributed by atoms with Crippen LogP contribution in [0.3, 0.4) is 0 Å². The molecule has 1 saturated carbocycles. The molecule has 0 atom stereocenters. The quantitative estimate of drug-likeness (QED) is 0.603. The number of amides is 1. The van der Waals surface area contributed by atoms with Gasteiger partial charge in [-0.3, -0.25) is 14.5 Å². The Labute approximate surface area is 159 Å². The molecular weight excluding hydrogens is 398 g/mol. The lowest BCUT2D eigenvalue weighted by Crippen LogP contribution is -2.48. The summed E-state index contributed by atoms with van der Waals surface area (Å²) in [5.74, 6) is 0.726. The number of benzene rings is 1. The van der Waals surface area contributed by atoms with Gasteiger partial charge in [0.25, 0.3) is 11.5 Å². The lowest BCUT2D eigenvalue weighted by atomic mass is 10.1. The van der Waals surface area contributed by atoms with Gasteiger partial charge in [-0.25, -0.2) is 13.8 Å². The molecule has 4 rings (SSSR count). The highest BCUT2D eigenvalue weighted by molar-refractivity contribution is 6.05. The highest BCUT2D eigenvalue weighted by Crippen LogP contribution is 2.49. The van der Waals surface area contributed by atoms with Crippen molar-refractivity contribution in [3.05, 3.63) is 50.5 Å². The van der Waals surface area contributed by atoms with Crippen LogP contribution in [-0.4, -0.2) is 27.6 Å². The number of nitrogens with zero attached hydrogens (tertiary/aromatic N) is 2. The Bertz CT molecular complexity index is 1170. The van der Waals surface area contributed by atoms with Crippen LogP contribution in [0.15, 0.2) is 27.8 Å². The second-order valence-electron chi connectivity index (χ2n) is 6.62. The average Bonchev–Trinajstić information content (AvgIpc) is 3.39. The molecule has 1 fully saturated rings. The van der Waals surface area contributed by atoms with Crippen LogP contribution in [0.5, 0.6) is 5.75 Å². The van der Waals surface area contributed by atoms with Crippen LogP contribution >= 0.6 is 0 Å². The van der Waals surface area contributed by atoms with Crippen molar-refractivity contribution in [3.8, 4) is 23.8 Å². The van der Waals surface area contributed by atoms with Gasteiger partial charge in [-0.15, -0.1) is 6.42 Å². The Hall–Kier alpha value is -3.55. The van der Waals surface area contributed by atoms with Gasteiger partial charge in [0, 0.05) is 25.0 Å². The number of alkyl halides is 3. The maximum atomic E-state index is 14.7. The number of anilines is 1. The fourth-order valence-corrected chi connectivity index (χ4v) is 3.16. The molecule has 150 valence electrons. The highest BCUT2D eigenvalue weighted by Gasteiger charge is 2.58. The van der Waals surface area contributed by atoms with Crippen molar-refractivity contribution in [1.82, 2.24) is 9.55 Å². The molecule has 7 nitrogen and oxygen atoms in total. The van der Waals surface area contributed by atoms with Crippen molar-refractivity contribution in [2.45, 2.75) is 24.6 Å². The second-order valence-corrected chi connectivity index (χ2v) is 6.62. The zero-order chi connectivity index (χ0) is 21.1. The van der Waals surface area contributed by atoms with E-state index >= 15 is 0 Å². The van der Waals surface area contributed by atoms with Crippen LogP contribution in [0.25, 0.3) is 5.69 Å². The van der Waals surface area contributed by atoms with Crippen molar-refractivity contribution in [2.24, 2.45) is 0 Å². The van der Waals surface area contributed by atoms with E-state index in [1.54, 1.807) is 0 Å². The molecule has 0 radical (unpaired) electrons. The van der Waals surface area contributed by atoms with Crippen molar-refractivity contribution in [1.29, 1.82) is 0 Å². The zero-order valence-electron chi connectivity index (χ0n) is 14.5. The molecule has 11 heteroatoms. The molecule has 2 aliphatic rings. The molecule has 1 amide bonds. The van der Waals surface area contributed by atoms with Crippen LogP contribution in [-0.2, 0) is 11.0 Å². The summed E-state index contributed by atoms with van der Waals surface area (Å²) in [6.07, 6.45) is 1.18. The van der Waals surface area contributed by atoms with Crippen molar-refractivity contribution >= 4 is 11.6 Å². The predicted octanol–water partition coefficient (Wildman–Crippen LogP) is 1.57. The normalized spacial score (nSPS) is 16.9. The summed E-state index contributed by atoms with van der Waals surface area (Å²) in [6, 6.07) is 1.98. The number of hydrogen-bond acceptors (Lipinski definition) is 4. The standard InChI is InChI=1S/C18H11F4N3O4/c1-2-5-24-11-7-10(9(19)6-12(11)29-17(3-4-17)15(24)27)25-14(26)8-13(18(20,21)22)23-16(25)28/h1,6-8H,3-5H2,(H,23,28). The molecule has 1 aromatic heterocycles. The van der Waals surface area contributed by atoms with Gasteiger partial charge in [-0.2, -0.15) is 13.2 Å². The molecule has 2 heterocycles. The Balaban J connectivity index is 1.90. The number of carbonyl (C=O) groups excluding carboxylic acids is 1. The minimum Gasteiger partial charge on any atom is -0.475 e. The number of fused-ring (bicyclic) bond motifs is 1. The van der Waals surface area contributed by atoms with Crippen molar-refractivity contribution in [2.75, 3.05) is 11.4 Å². The van der Waals surface area contributed by atoms with Crippen LogP contribution in [0.1, 0.15) is 18.5 Å². The first-order valence-electron chi connectivity index (χ1n) is 8.29. The molecule has 0 bridgehead atoms. The number of ether oxygens (including phenoxy) is 1. The number of H-pyrrole nitrogens is 1. The van der Waals surface area contributed by atoms with E-state index < -0.39 is 46.1 Å². The van der Waals surface area contributed by atoms with Crippen LogP contribution in [0, 0.1) is 18.2 Å². The molecule has 1 aromatic carbocycles. The fraction of sp³-hybridized carbons (Fsp3) is 0.278. The molecule has 1 N–H and O–H groups in total. The summed E-state index contributed by atoms with van der Waals surface area (Å²) < 4.78 is 58.8. The van der Waals surface area contributed by atoms with Gasteiger partial charge in [-0.05, 0) is 6.07 Å². The largest absolute Gasteiger partial charge is 0.475 e. The summed E-state index contributed by atoms with van der Waals surface area (Å²) >= 11 is 0. The van der Waals surface area contributed by atoms with Crippen LogP contribution in [0.4, 0.5) is 23.2 Å². The van der Waals surface area contributed by atoms with Crippen LogP contribution < -0.4 is 20.9 Å². The lowest BCUT2D eigenvalue weighted by molar-refractivity contribution is -0.141. The Morgan fingerprint density at radius 2 is 1.86 bits per heavy atom. The van der Waals surface area contributed by atoms with Crippen LogP contribution in [0.2, 0.25) is 0 Å². The Kier molecular flexibility index (Phi) is 3.87. The van der Waals surface area contributed by atoms with Gasteiger partial charge < -0.3 is 9.72 Å². The zero-order valence-corrected chi connectivity index (χ0v) is 14.5. The number of hydrogen-bond donors (Lipinski definition) is 1. The number of aromatic amines is 1. The van der Waals surface area contributed by atoms with Crippen molar-refractivity contribution < 1.29 is 27.1 Å². The first-order chi connectivity index (χ1) is 13.6. The van der Waals surface area contributed by atoms with Gasteiger partial charge in [-0.1, -0.05) is 5.92 Å². The minimum absolute atomic E-state index is 0.00747.